The quantitative estimate of drug-likeness (QED) is 0.799. The summed E-state index contributed by atoms with van der Waals surface area (Å²) in [4.78, 5) is 42.1. The van der Waals surface area contributed by atoms with Crippen molar-refractivity contribution in [2.75, 3.05) is 39.3 Å². The summed E-state index contributed by atoms with van der Waals surface area (Å²) in [6.07, 6.45) is 4.26. The van der Waals surface area contributed by atoms with Crippen LogP contribution in [0.25, 0.3) is 10.8 Å². The Kier molecular flexibility index (Phi) is 6.46. The van der Waals surface area contributed by atoms with Crippen LogP contribution in [0.2, 0.25) is 0 Å². The van der Waals surface area contributed by atoms with Crippen LogP contribution in [0.3, 0.4) is 0 Å². The molecule has 2 aromatic heterocycles. The Morgan fingerprint density at radius 1 is 1.19 bits per heavy atom. The van der Waals surface area contributed by atoms with Gasteiger partial charge in [0.15, 0.2) is 10.8 Å². The fourth-order valence-corrected chi connectivity index (χ4v) is 3.86. The minimum absolute atomic E-state index is 0.0118. The van der Waals surface area contributed by atoms with Crippen molar-refractivity contribution in [3.05, 3.63) is 29.0 Å². The molecule has 9 heteroatoms. The number of thiazole rings is 1. The number of carbonyl (C=O) groups excluding carboxylic acids is 2. The third kappa shape index (κ3) is 4.86. The largest absolute Gasteiger partial charge is 0.355 e. The minimum atomic E-state index is -0.0118. The molecule has 2 aromatic rings. The number of amides is 2. The number of piperazine rings is 1. The van der Waals surface area contributed by atoms with Gasteiger partial charge < -0.3 is 10.2 Å². The Labute approximate surface area is 162 Å². The Bertz CT molecular complexity index is 786. The molecule has 144 valence electrons. The van der Waals surface area contributed by atoms with Gasteiger partial charge in [0.25, 0.3) is 5.91 Å². The van der Waals surface area contributed by atoms with Gasteiger partial charge in [-0.3, -0.25) is 14.5 Å². The van der Waals surface area contributed by atoms with E-state index in [-0.39, 0.29) is 11.8 Å². The average molecular weight is 388 g/mol. The second-order valence-corrected chi connectivity index (χ2v) is 7.42. The number of hydrogen-bond donors (Lipinski definition) is 1. The maximum absolute atomic E-state index is 12.9. The molecular formula is C18H24N6O2S. The monoisotopic (exact) mass is 388 g/mol. The summed E-state index contributed by atoms with van der Waals surface area (Å²) < 4.78 is 0. The summed E-state index contributed by atoms with van der Waals surface area (Å²) in [6, 6.07) is 1.75. The zero-order valence-electron chi connectivity index (χ0n) is 15.6. The van der Waals surface area contributed by atoms with Gasteiger partial charge in [0.1, 0.15) is 4.88 Å². The first-order valence-electron chi connectivity index (χ1n) is 9.11. The highest BCUT2D eigenvalue weighted by Gasteiger charge is 2.26. The van der Waals surface area contributed by atoms with Crippen molar-refractivity contribution in [2.45, 2.75) is 20.3 Å². The molecular weight excluding hydrogens is 364 g/mol. The molecule has 0 unspecified atom stereocenters. The summed E-state index contributed by atoms with van der Waals surface area (Å²) in [7, 11) is 0. The van der Waals surface area contributed by atoms with E-state index in [1.165, 1.54) is 11.3 Å². The van der Waals surface area contributed by atoms with Gasteiger partial charge in [-0.15, -0.1) is 11.3 Å². The van der Waals surface area contributed by atoms with E-state index in [0.717, 1.165) is 6.42 Å². The van der Waals surface area contributed by atoms with Crippen molar-refractivity contribution in [1.29, 1.82) is 0 Å². The van der Waals surface area contributed by atoms with E-state index in [4.69, 9.17) is 0 Å². The van der Waals surface area contributed by atoms with Gasteiger partial charge in [-0.05, 0) is 19.4 Å². The van der Waals surface area contributed by atoms with Crippen molar-refractivity contribution in [3.63, 3.8) is 0 Å². The first kappa shape index (κ1) is 19.4. The number of nitrogens with one attached hydrogen (secondary N) is 1. The molecule has 1 aliphatic rings. The topological polar surface area (TPSA) is 91.3 Å². The highest BCUT2D eigenvalue weighted by atomic mass is 32.1. The lowest BCUT2D eigenvalue weighted by atomic mass is 10.2. The van der Waals surface area contributed by atoms with Crippen LogP contribution in [0.5, 0.6) is 0 Å². The lowest BCUT2D eigenvalue weighted by Gasteiger charge is -2.34. The molecule has 0 bridgehead atoms. The van der Waals surface area contributed by atoms with Crippen molar-refractivity contribution < 1.29 is 9.59 Å². The number of hydrogen-bond acceptors (Lipinski definition) is 7. The Hall–Kier alpha value is -2.39. The van der Waals surface area contributed by atoms with Crippen LogP contribution in [0, 0.1) is 6.92 Å². The van der Waals surface area contributed by atoms with Crippen LogP contribution in [-0.2, 0) is 4.79 Å². The third-order valence-corrected chi connectivity index (χ3v) is 5.49. The first-order valence-corrected chi connectivity index (χ1v) is 9.93. The third-order valence-electron chi connectivity index (χ3n) is 4.35. The molecule has 1 saturated heterocycles. The molecule has 0 atom stereocenters. The molecule has 8 nitrogen and oxygen atoms in total. The summed E-state index contributed by atoms with van der Waals surface area (Å²) in [6.45, 7) is 7.55. The van der Waals surface area contributed by atoms with Gasteiger partial charge in [-0.2, -0.15) is 0 Å². The van der Waals surface area contributed by atoms with Crippen LogP contribution in [0.4, 0.5) is 0 Å². The van der Waals surface area contributed by atoms with Crippen molar-refractivity contribution in [2.24, 2.45) is 0 Å². The molecule has 1 N–H and O–H groups in total. The van der Waals surface area contributed by atoms with Crippen LogP contribution in [-0.4, -0.2) is 75.8 Å². The maximum Gasteiger partial charge on any atom is 0.265 e. The number of rotatable bonds is 6. The van der Waals surface area contributed by atoms with Gasteiger partial charge in [0, 0.05) is 45.1 Å². The van der Waals surface area contributed by atoms with E-state index in [0.29, 0.717) is 60.7 Å². The molecule has 3 rings (SSSR count). The normalized spacial score (nSPS) is 15.0. The molecule has 0 radical (unpaired) electrons. The molecule has 0 saturated carbocycles. The number of aryl methyl sites for hydroxylation is 1. The van der Waals surface area contributed by atoms with Gasteiger partial charge in [0.2, 0.25) is 5.91 Å². The van der Waals surface area contributed by atoms with Crippen LogP contribution < -0.4 is 5.32 Å². The molecule has 1 aliphatic heterocycles. The Morgan fingerprint density at radius 3 is 2.56 bits per heavy atom. The highest BCUT2D eigenvalue weighted by molar-refractivity contribution is 7.17. The number of nitrogens with zero attached hydrogens (tertiary/aromatic N) is 5. The van der Waals surface area contributed by atoms with Crippen LogP contribution in [0.1, 0.15) is 28.7 Å². The van der Waals surface area contributed by atoms with E-state index < -0.39 is 0 Å². The smallest absolute Gasteiger partial charge is 0.265 e. The van der Waals surface area contributed by atoms with E-state index in [1.54, 1.807) is 18.5 Å². The highest BCUT2D eigenvalue weighted by Crippen LogP contribution is 2.26. The summed E-state index contributed by atoms with van der Waals surface area (Å²) in [5, 5.41) is 3.54. The molecule has 0 aliphatic carbocycles. The predicted octanol–water partition coefficient (Wildman–Crippen LogP) is 1.19. The van der Waals surface area contributed by atoms with Gasteiger partial charge in [-0.1, -0.05) is 6.92 Å². The predicted molar refractivity (Wildman–Crippen MR) is 104 cm³/mol. The van der Waals surface area contributed by atoms with Crippen molar-refractivity contribution in [1.82, 2.24) is 30.1 Å². The van der Waals surface area contributed by atoms with E-state index >= 15 is 0 Å². The summed E-state index contributed by atoms with van der Waals surface area (Å²) in [5.41, 5.74) is 0.703. The first-order chi connectivity index (χ1) is 13.1. The zero-order chi connectivity index (χ0) is 19.2. The SMILES string of the molecule is CCCNC(=O)CN1CCN(C(=O)c2sc(-c3ncccn3)nc2C)CC1. The molecule has 3 heterocycles. The lowest BCUT2D eigenvalue weighted by molar-refractivity contribution is -0.122. The van der Waals surface area contributed by atoms with Gasteiger partial charge in [0.05, 0.1) is 12.2 Å². The Balaban J connectivity index is 1.58. The maximum atomic E-state index is 12.9. The molecule has 0 aromatic carbocycles. The van der Waals surface area contributed by atoms with Gasteiger partial charge >= 0.3 is 0 Å². The van der Waals surface area contributed by atoms with E-state index in [2.05, 4.69) is 25.2 Å². The second kappa shape index (κ2) is 9.01. The zero-order valence-corrected chi connectivity index (χ0v) is 16.5. The molecule has 2 amide bonds. The molecule has 27 heavy (non-hydrogen) atoms. The van der Waals surface area contributed by atoms with E-state index in [1.807, 2.05) is 18.7 Å². The average Bonchev–Trinajstić information content (AvgIpc) is 3.09. The van der Waals surface area contributed by atoms with Crippen LogP contribution in [0.15, 0.2) is 18.5 Å². The Morgan fingerprint density at radius 2 is 1.89 bits per heavy atom. The van der Waals surface area contributed by atoms with Crippen molar-refractivity contribution >= 4 is 23.2 Å². The summed E-state index contributed by atoms with van der Waals surface area (Å²) >= 11 is 1.33. The standard InChI is InChI=1S/C18H24N6O2S/c1-3-5-19-14(25)12-23-8-10-24(11-9-23)18(26)15-13(2)22-17(27-15)16-20-6-4-7-21-16/h4,6-7H,3,5,8-12H2,1-2H3,(H,19,25). The fourth-order valence-electron chi connectivity index (χ4n) is 2.88. The number of carbonyl (C=O) groups is 2. The lowest BCUT2D eigenvalue weighted by Crippen LogP contribution is -2.51. The van der Waals surface area contributed by atoms with E-state index in [9.17, 15) is 9.59 Å². The molecule has 1 fully saturated rings. The van der Waals surface area contributed by atoms with Gasteiger partial charge in [-0.25, -0.2) is 15.0 Å². The van der Waals surface area contributed by atoms with Crippen molar-refractivity contribution in [3.8, 4) is 10.8 Å². The number of aromatic nitrogens is 3. The second-order valence-electron chi connectivity index (χ2n) is 6.42. The summed E-state index contributed by atoms with van der Waals surface area (Å²) in [5.74, 6) is 0.567. The molecule has 0 spiro atoms. The van der Waals surface area contributed by atoms with Crippen LogP contribution >= 0.6 is 11.3 Å². The minimum Gasteiger partial charge on any atom is -0.355 e. The fraction of sp³-hybridized carbons (Fsp3) is 0.500.